The summed E-state index contributed by atoms with van der Waals surface area (Å²) in [5, 5.41) is 11.2. The quantitative estimate of drug-likeness (QED) is 0.0397. The van der Waals surface area contributed by atoms with E-state index < -0.39 is 36.2 Å². The van der Waals surface area contributed by atoms with Crippen LogP contribution in [0, 0.1) is 0 Å². The number of nitrogens with two attached hydrogens (primary N) is 1. The van der Waals surface area contributed by atoms with Gasteiger partial charge in [0.2, 0.25) is 0 Å². The SMILES string of the molecule is CCCCCCCC/C=C/CCCCCCCC(=O)OC[C@H]1O[C@@H](n2ccc(N)nc2=O)[C@@H](O)[C@@H]1OC(=O)CCCCCCC/C=C/CCCCCCCC. The van der Waals surface area contributed by atoms with Crippen molar-refractivity contribution in [3.8, 4) is 0 Å². The van der Waals surface area contributed by atoms with Crippen LogP contribution in [0.5, 0.6) is 0 Å². The van der Waals surface area contributed by atoms with Crippen LogP contribution in [0.1, 0.15) is 200 Å². The van der Waals surface area contributed by atoms with Gasteiger partial charge in [0.1, 0.15) is 24.6 Å². The number of rotatable bonds is 34. The molecule has 1 aliphatic rings. The van der Waals surface area contributed by atoms with Gasteiger partial charge in [-0.2, -0.15) is 4.98 Å². The lowest BCUT2D eigenvalue weighted by molar-refractivity contribution is -0.160. The number of allylic oxidation sites excluding steroid dienone is 4. The van der Waals surface area contributed by atoms with Crippen LogP contribution in [-0.2, 0) is 23.8 Å². The van der Waals surface area contributed by atoms with Gasteiger partial charge >= 0.3 is 17.6 Å². The lowest BCUT2D eigenvalue weighted by atomic mass is 10.1. The van der Waals surface area contributed by atoms with Gasteiger partial charge in [0, 0.05) is 19.0 Å². The van der Waals surface area contributed by atoms with Crippen LogP contribution >= 0.6 is 0 Å². The topological polar surface area (TPSA) is 143 Å². The van der Waals surface area contributed by atoms with E-state index in [0.717, 1.165) is 75.2 Å². The molecule has 3 N–H and O–H groups in total. The smallest absolute Gasteiger partial charge is 0.351 e. The Balaban J connectivity index is 1.67. The molecule has 0 bridgehead atoms. The summed E-state index contributed by atoms with van der Waals surface area (Å²) in [6.07, 6.45) is 36.9. The number of aliphatic hydroxyl groups is 1. The molecule has 2 heterocycles. The first kappa shape index (κ1) is 48.2. The average molecular weight is 772 g/mol. The van der Waals surface area contributed by atoms with Gasteiger partial charge in [0.15, 0.2) is 12.3 Å². The van der Waals surface area contributed by atoms with E-state index >= 15 is 0 Å². The average Bonchev–Trinajstić information content (AvgIpc) is 3.47. The summed E-state index contributed by atoms with van der Waals surface area (Å²) in [7, 11) is 0. The molecule has 0 saturated carbocycles. The number of unbranched alkanes of at least 4 members (excludes halogenated alkanes) is 22. The summed E-state index contributed by atoms with van der Waals surface area (Å²) >= 11 is 0. The third kappa shape index (κ3) is 23.0. The Labute approximate surface area is 333 Å². The number of anilines is 1. The van der Waals surface area contributed by atoms with Crippen molar-refractivity contribution in [2.24, 2.45) is 0 Å². The zero-order valence-corrected chi connectivity index (χ0v) is 34.6. The summed E-state index contributed by atoms with van der Waals surface area (Å²) in [6.45, 7) is 4.29. The zero-order valence-electron chi connectivity index (χ0n) is 34.6. The molecule has 1 aromatic rings. The van der Waals surface area contributed by atoms with Gasteiger partial charge in [-0.3, -0.25) is 14.2 Å². The van der Waals surface area contributed by atoms with Gasteiger partial charge in [-0.1, -0.05) is 141 Å². The zero-order chi connectivity index (χ0) is 39.8. The summed E-state index contributed by atoms with van der Waals surface area (Å²) in [4.78, 5) is 41.8. The Hall–Kier alpha value is -2.98. The van der Waals surface area contributed by atoms with Crippen molar-refractivity contribution in [1.29, 1.82) is 0 Å². The molecule has 314 valence electrons. The lowest BCUT2D eigenvalue weighted by Gasteiger charge is -2.21. The molecule has 0 aromatic carbocycles. The summed E-state index contributed by atoms with van der Waals surface area (Å²) in [6, 6.07) is 1.42. The largest absolute Gasteiger partial charge is 0.463 e. The van der Waals surface area contributed by atoms with E-state index in [0.29, 0.717) is 6.42 Å². The second-order valence-electron chi connectivity index (χ2n) is 15.4. The van der Waals surface area contributed by atoms with Gasteiger partial charge in [-0.05, 0) is 70.3 Å². The number of nitrogen functional groups attached to an aromatic ring is 1. The van der Waals surface area contributed by atoms with E-state index in [2.05, 4.69) is 43.1 Å². The maximum Gasteiger partial charge on any atom is 0.351 e. The number of aliphatic hydroxyl groups excluding tert-OH is 1. The highest BCUT2D eigenvalue weighted by Crippen LogP contribution is 2.31. The molecular formula is C45H77N3O7. The van der Waals surface area contributed by atoms with Crippen LogP contribution in [0.2, 0.25) is 0 Å². The number of carbonyl (C=O) groups is 2. The fraction of sp³-hybridized carbons (Fsp3) is 0.778. The van der Waals surface area contributed by atoms with Gasteiger partial charge < -0.3 is 25.1 Å². The molecular weight excluding hydrogens is 695 g/mol. The van der Waals surface area contributed by atoms with E-state index in [1.807, 2.05) is 0 Å². The molecule has 0 spiro atoms. The highest BCUT2D eigenvalue weighted by molar-refractivity contribution is 5.70. The highest BCUT2D eigenvalue weighted by atomic mass is 16.6. The molecule has 55 heavy (non-hydrogen) atoms. The summed E-state index contributed by atoms with van der Waals surface area (Å²) in [5.41, 5.74) is 4.94. The third-order valence-electron chi connectivity index (χ3n) is 10.4. The molecule has 0 aliphatic carbocycles. The molecule has 10 nitrogen and oxygen atoms in total. The number of esters is 2. The molecule has 1 aromatic heterocycles. The fourth-order valence-electron chi connectivity index (χ4n) is 6.99. The fourth-order valence-corrected chi connectivity index (χ4v) is 6.99. The van der Waals surface area contributed by atoms with Gasteiger partial charge in [0.05, 0.1) is 0 Å². The van der Waals surface area contributed by atoms with Crippen molar-refractivity contribution < 1.29 is 28.9 Å². The van der Waals surface area contributed by atoms with E-state index in [1.165, 1.54) is 102 Å². The number of hydrogen-bond donors (Lipinski definition) is 2. The minimum atomic E-state index is -1.37. The van der Waals surface area contributed by atoms with Gasteiger partial charge in [-0.15, -0.1) is 0 Å². The molecule has 0 unspecified atom stereocenters. The van der Waals surface area contributed by atoms with Crippen LogP contribution in [0.25, 0.3) is 0 Å². The first-order valence-electron chi connectivity index (χ1n) is 22.2. The molecule has 10 heteroatoms. The number of aromatic nitrogens is 2. The summed E-state index contributed by atoms with van der Waals surface area (Å²) < 4.78 is 18.3. The van der Waals surface area contributed by atoms with E-state index in [4.69, 9.17) is 19.9 Å². The molecule has 2 rings (SSSR count). The molecule has 0 amide bonds. The molecule has 0 radical (unpaired) electrons. The van der Waals surface area contributed by atoms with Crippen molar-refractivity contribution >= 4 is 17.8 Å². The molecule has 1 fully saturated rings. The van der Waals surface area contributed by atoms with E-state index in [9.17, 15) is 19.5 Å². The minimum Gasteiger partial charge on any atom is -0.463 e. The summed E-state index contributed by atoms with van der Waals surface area (Å²) in [5.74, 6) is -0.792. The Bertz CT molecular complexity index is 1250. The van der Waals surface area contributed by atoms with Crippen molar-refractivity contribution in [3.05, 3.63) is 47.1 Å². The Morgan fingerprint density at radius 2 is 1.15 bits per heavy atom. The molecule has 1 saturated heterocycles. The predicted octanol–water partition coefficient (Wildman–Crippen LogP) is 10.6. The second-order valence-corrected chi connectivity index (χ2v) is 15.4. The second kappa shape index (κ2) is 32.1. The van der Waals surface area contributed by atoms with Crippen LogP contribution in [0.3, 0.4) is 0 Å². The number of nitrogens with zero attached hydrogens (tertiary/aromatic N) is 2. The number of hydrogen-bond acceptors (Lipinski definition) is 9. The van der Waals surface area contributed by atoms with E-state index in [1.54, 1.807) is 0 Å². The Kier molecular flexibility index (Phi) is 28.2. The third-order valence-corrected chi connectivity index (χ3v) is 10.4. The predicted molar refractivity (Wildman–Crippen MR) is 223 cm³/mol. The van der Waals surface area contributed by atoms with Crippen LogP contribution in [0.15, 0.2) is 41.4 Å². The minimum absolute atomic E-state index is 0.0396. The first-order chi connectivity index (χ1) is 26.9. The maximum atomic E-state index is 12.9. The molecule has 4 atom stereocenters. The van der Waals surface area contributed by atoms with Crippen molar-refractivity contribution in [2.45, 2.75) is 218 Å². The number of ether oxygens (including phenoxy) is 3. The van der Waals surface area contributed by atoms with E-state index in [-0.39, 0.29) is 31.2 Å². The number of carbonyl (C=O) groups excluding carboxylic acids is 2. The first-order valence-corrected chi connectivity index (χ1v) is 22.2. The Morgan fingerprint density at radius 1 is 0.709 bits per heavy atom. The van der Waals surface area contributed by atoms with Crippen molar-refractivity contribution in [3.63, 3.8) is 0 Å². The van der Waals surface area contributed by atoms with Crippen molar-refractivity contribution in [1.82, 2.24) is 9.55 Å². The van der Waals surface area contributed by atoms with Crippen LogP contribution in [0.4, 0.5) is 5.82 Å². The van der Waals surface area contributed by atoms with Crippen LogP contribution < -0.4 is 11.4 Å². The standard InChI is InChI=1S/C45H77N3O7/c1-3-5-7-9-11-13-15-17-19-21-23-25-27-29-31-33-40(49)53-37-38-43(42(51)44(54-38)48-36-35-39(46)47-45(48)52)55-41(50)34-32-30-28-26-24-22-20-18-16-14-12-10-8-6-4-2/h17-20,35-36,38,42-44,51H,3-16,21-34,37H2,1-2H3,(H2,46,47,52)/b19-17+,20-18+/t38-,42+,43-,44-/m1/s1. The normalized spacial score (nSPS) is 18.5. The van der Waals surface area contributed by atoms with Gasteiger partial charge in [-0.25, -0.2) is 4.79 Å². The maximum absolute atomic E-state index is 12.9. The van der Waals surface area contributed by atoms with Crippen molar-refractivity contribution in [2.75, 3.05) is 12.3 Å². The molecule has 1 aliphatic heterocycles. The highest BCUT2D eigenvalue weighted by Gasteiger charge is 2.48. The van der Waals surface area contributed by atoms with Crippen LogP contribution in [-0.4, -0.2) is 51.5 Å². The monoisotopic (exact) mass is 772 g/mol. The lowest BCUT2D eigenvalue weighted by Crippen LogP contribution is -2.39. The Morgan fingerprint density at radius 3 is 1.62 bits per heavy atom. The van der Waals surface area contributed by atoms with Gasteiger partial charge in [0.25, 0.3) is 0 Å².